The van der Waals surface area contributed by atoms with Gasteiger partial charge in [0.15, 0.2) is 0 Å². The van der Waals surface area contributed by atoms with Gasteiger partial charge in [0, 0.05) is 0 Å². The predicted molar refractivity (Wildman–Crippen MR) is 82.1 cm³/mol. The summed E-state index contributed by atoms with van der Waals surface area (Å²) in [6, 6.07) is 0. The van der Waals surface area contributed by atoms with Crippen molar-refractivity contribution >= 4 is 17.8 Å². The molecule has 1 amide bonds. The first-order valence-corrected chi connectivity index (χ1v) is 7.43. The number of hydrogen-bond donors (Lipinski definition) is 1. The third-order valence-electron chi connectivity index (χ3n) is 3.88. The van der Waals surface area contributed by atoms with Gasteiger partial charge in [-0.05, 0) is 32.6 Å². The highest BCUT2D eigenvalue weighted by molar-refractivity contribution is 5.81. The molecule has 0 fully saturated rings. The number of carbonyl (C=O) groups excluding carboxylic acids is 2. The van der Waals surface area contributed by atoms with Crippen molar-refractivity contribution in [1.82, 2.24) is 5.32 Å². The molecule has 1 unspecified atom stereocenters. The highest BCUT2D eigenvalue weighted by Crippen LogP contribution is 2.32. The molecule has 0 bridgehead atoms. The van der Waals surface area contributed by atoms with E-state index in [9.17, 15) is 9.59 Å². The average molecular weight is 300 g/mol. The fraction of sp³-hybridized carbons (Fsp3) is 0.800. The number of rotatable bonds is 8. The van der Waals surface area contributed by atoms with E-state index in [1.54, 1.807) is 6.92 Å². The second kappa shape index (κ2) is 9.37. The van der Waals surface area contributed by atoms with Crippen LogP contribution in [0, 0.1) is 11.3 Å². The number of nitrogens with zero attached hydrogens (tertiary/aromatic N) is 1. The second-order valence-corrected chi connectivity index (χ2v) is 5.55. The van der Waals surface area contributed by atoms with Crippen LogP contribution in [0.25, 0.3) is 0 Å². The Morgan fingerprint density at radius 1 is 1.29 bits per heavy atom. The van der Waals surface area contributed by atoms with E-state index >= 15 is 0 Å². The van der Waals surface area contributed by atoms with Gasteiger partial charge in [0.1, 0.15) is 6.61 Å². The van der Waals surface area contributed by atoms with Crippen molar-refractivity contribution < 1.29 is 19.2 Å². The molecular weight excluding hydrogens is 272 g/mol. The van der Waals surface area contributed by atoms with E-state index in [2.05, 4.69) is 15.3 Å². The van der Waals surface area contributed by atoms with Crippen LogP contribution in [0.15, 0.2) is 5.16 Å². The maximum atomic E-state index is 12.0. The quantitative estimate of drug-likeness (QED) is 0.246. The van der Waals surface area contributed by atoms with Crippen LogP contribution < -0.4 is 5.32 Å². The van der Waals surface area contributed by atoms with Gasteiger partial charge in [-0.3, -0.25) is 9.63 Å². The van der Waals surface area contributed by atoms with E-state index in [1.165, 1.54) is 0 Å². The first-order valence-electron chi connectivity index (χ1n) is 7.43. The lowest BCUT2D eigenvalue weighted by Gasteiger charge is -2.29. The van der Waals surface area contributed by atoms with Gasteiger partial charge in [-0.2, -0.15) is 0 Å². The Morgan fingerprint density at radius 2 is 1.90 bits per heavy atom. The van der Waals surface area contributed by atoms with Gasteiger partial charge >= 0.3 is 12.1 Å². The van der Waals surface area contributed by atoms with Crippen LogP contribution >= 0.6 is 0 Å². The van der Waals surface area contributed by atoms with Crippen molar-refractivity contribution in [2.45, 2.75) is 54.4 Å². The summed E-state index contributed by atoms with van der Waals surface area (Å²) in [5.74, 6) is -0.0469. The van der Waals surface area contributed by atoms with Gasteiger partial charge < -0.3 is 10.1 Å². The van der Waals surface area contributed by atoms with Crippen molar-refractivity contribution in [2.75, 3.05) is 13.2 Å². The molecule has 0 aromatic heterocycles. The smallest absolute Gasteiger partial charge is 0.433 e. The molecule has 1 N–H and O–H groups in total. The van der Waals surface area contributed by atoms with E-state index in [4.69, 9.17) is 4.74 Å². The minimum Gasteiger partial charge on any atom is -0.463 e. The van der Waals surface area contributed by atoms with Crippen LogP contribution in [0.1, 0.15) is 54.4 Å². The highest BCUT2D eigenvalue weighted by Gasteiger charge is 2.36. The van der Waals surface area contributed by atoms with Crippen molar-refractivity contribution in [3.05, 3.63) is 0 Å². The maximum absolute atomic E-state index is 12.0. The van der Waals surface area contributed by atoms with Crippen molar-refractivity contribution in [3.8, 4) is 0 Å². The molecule has 0 aromatic rings. The molecular formula is C15H28N2O4. The van der Waals surface area contributed by atoms with Crippen LogP contribution in [-0.4, -0.2) is 30.9 Å². The topological polar surface area (TPSA) is 77.0 Å². The third kappa shape index (κ3) is 6.60. The van der Waals surface area contributed by atoms with Crippen LogP contribution in [0.5, 0.6) is 0 Å². The van der Waals surface area contributed by atoms with E-state index in [0.717, 1.165) is 12.1 Å². The van der Waals surface area contributed by atoms with Gasteiger partial charge in [-0.1, -0.05) is 32.9 Å². The summed E-state index contributed by atoms with van der Waals surface area (Å²) in [5, 5.41) is 6.10. The number of esters is 1. The molecule has 6 heteroatoms. The van der Waals surface area contributed by atoms with Crippen LogP contribution in [-0.2, 0) is 14.4 Å². The minimum absolute atomic E-state index is 0.118. The Morgan fingerprint density at radius 3 is 2.38 bits per heavy atom. The Bertz CT molecular complexity index is 380. The molecule has 0 aliphatic heterocycles. The van der Waals surface area contributed by atoms with E-state index in [-0.39, 0.29) is 25.0 Å². The highest BCUT2D eigenvalue weighted by atomic mass is 16.7. The molecule has 1 atom stereocenters. The lowest BCUT2D eigenvalue weighted by atomic mass is 9.77. The number of hydrogen-bond acceptors (Lipinski definition) is 5. The molecule has 21 heavy (non-hydrogen) atoms. The van der Waals surface area contributed by atoms with Crippen LogP contribution in [0.4, 0.5) is 4.79 Å². The summed E-state index contributed by atoms with van der Waals surface area (Å²) in [7, 11) is 0. The zero-order valence-corrected chi connectivity index (χ0v) is 14.0. The molecule has 0 saturated carbocycles. The molecule has 0 radical (unpaired) electrons. The standard InChI is InChI=1S/C15H28N2O4/c1-7-12(5)17-21-14(19)16-9-10-20-13(18)15(6,8-2)11(3)4/h11H,7-10H2,1-6H3,(H,16,19)/b17-12-. The molecule has 0 aliphatic rings. The monoisotopic (exact) mass is 300 g/mol. The Labute approximate surface area is 127 Å². The molecule has 0 aliphatic carbocycles. The SMILES string of the molecule is CC/C(C)=N\OC(=O)NCCOC(=O)C(C)(CC)C(C)C. The number of oxime groups is 1. The Kier molecular flexibility index (Phi) is 8.66. The molecule has 0 saturated heterocycles. The fourth-order valence-corrected chi connectivity index (χ4v) is 1.47. The molecule has 6 nitrogen and oxygen atoms in total. The first-order chi connectivity index (χ1) is 9.77. The summed E-state index contributed by atoms with van der Waals surface area (Å²) in [4.78, 5) is 28.0. The summed E-state index contributed by atoms with van der Waals surface area (Å²) < 4.78 is 5.21. The number of amides is 1. The van der Waals surface area contributed by atoms with Gasteiger partial charge in [0.25, 0.3) is 0 Å². The van der Waals surface area contributed by atoms with E-state index in [1.807, 2.05) is 34.6 Å². The van der Waals surface area contributed by atoms with Gasteiger partial charge in [0.2, 0.25) is 0 Å². The van der Waals surface area contributed by atoms with Crippen molar-refractivity contribution in [2.24, 2.45) is 16.5 Å². The van der Waals surface area contributed by atoms with Gasteiger partial charge in [-0.25, -0.2) is 4.79 Å². The summed E-state index contributed by atoms with van der Waals surface area (Å²) in [6.07, 6.45) is 0.778. The van der Waals surface area contributed by atoms with Gasteiger partial charge in [-0.15, -0.1) is 0 Å². The zero-order valence-electron chi connectivity index (χ0n) is 14.0. The number of ether oxygens (including phenoxy) is 1. The fourth-order valence-electron chi connectivity index (χ4n) is 1.47. The number of carbonyl (C=O) groups is 2. The average Bonchev–Trinajstić information content (AvgIpc) is 2.47. The molecule has 0 spiro atoms. The van der Waals surface area contributed by atoms with Crippen molar-refractivity contribution in [1.29, 1.82) is 0 Å². The van der Waals surface area contributed by atoms with Crippen LogP contribution in [0.2, 0.25) is 0 Å². The maximum Gasteiger partial charge on any atom is 0.433 e. The lowest BCUT2D eigenvalue weighted by molar-refractivity contribution is -0.157. The Balaban J connectivity index is 4.05. The molecule has 0 heterocycles. The first kappa shape index (κ1) is 19.4. The summed E-state index contributed by atoms with van der Waals surface area (Å²) in [5.41, 5.74) is 0.232. The normalized spacial score (nSPS) is 14.5. The second-order valence-electron chi connectivity index (χ2n) is 5.55. The largest absolute Gasteiger partial charge is 0.463 e. The predicted octanol–water partition coefficient (Wildman–Crippen LogP) is 3.11. The van der Waals surface area contributed by atoms with E-state index < -0.39 is 11.5 Å². The summed E-state index contributed by atoms with van der Waals surface area (Å²) >= 11 is 0. The lowest BCUT2D eigenvalue weighted by Crippen LogP contribution is -2.36. The van der Waals surface area contributed by atoms with Crippen LogP contribution in [0.3, 0.4) is 0 Å². The summed E-state index contributed by atoms with van der Waals surface area (Å²) in [6.45, 7) is 11.8. The third-order valence-corrected chi connectivity index (χ3v) is 3.88. The number of nitrogens with one attached hydrogen (secondary N) is 1. The van der Waals surface area contributed by atoms with E-state index in [0.29, 0.717) is 6.42 Å². The van der Waals surface area contributed by atoms with Gasteiger partial charge in [0.05, 0.1) is 17.7 Å². The Hall–Kier alpha value is -1.59. The zero-order chi connectivity index (χ0) is 16.5. The molecule has 0 aromatic carbocycles. The minimum atomic E-state index is -0.652. The van der Waals surface area contributed by atoms with Crippen molar-refractivity contribution in [3.63, 3.8) is 0 Å². The molecule has 0 rings (SSSR count). The molecule has 122 valence electrons.